The number of benzene rings is 1. The molecule has 0 amide bonds. The summed E-state index contributed by atoms with van der Waals surface area (Å²) in [6, 6.07) is 4.23. The number of halogens is 4. The third kappa shape index (κ3) is 5.06. The fourth-order valence-electron chi connectivity index (χ4n) is 2.11. The predicted octanol–water partition coefficient (Wildman–Crippen LogP) is 6.43. The van der Waals surface area contributed by atoms with E-state index >= 15 is 0 Å². The molecule has 0 spiro atoms. The van der Waals surface area contributed by atoms with Crippen LogP contribution in [0, 0.1) is 0 Å². The van der Waals surface area contributed by atoms with E-state index in [9.17, 15) is 13.2 Å². The van der Waals surface area contributed by atoms with Gasteiger partial charge in [-0.05, 0) is 30.0 Å². The van der Waals surface area contributed by atoms with Crippen molar-refractivity contribution in [3.63, 3.8) is 0 Å². The Morgan fingerprint density at radius 2 is 1.84 bits per heavy atom. The van der Waals surface area contributed by atoms with Crippen molar-refractivity contribution in [3.05, 3.63) is 34.3 Å². The largest absolute Gasteiger partial charge is 0.417 e. The number of rotatable bonds is 6. The minimum atomic E-state index is -4.38. The zero-order valence-corrected chi connectivity index (χ0v) is 12.1. The summed E-state index contributed by atoms with van der Waals surface area (Å²) in [6.45, 7) is 4.10. The van der Waals surface area contributed by atoms with Crippen molar-refractivity contribution in [2.24, 2.45) is 0 Å². The van der Waals surface area contributed by atoms with E-state index in [4.69, 9.17) is 11.6 Å². The second-order valence-corrected chi connectivity index (χ2v) is 5.39. The Labute approximate surface area is 118 Å². The molecule has 1 aromatic carbocycles. The Hall–Kier alpha value is -0.700. The fraction of sp³-hybridized carbons (Fsp3) is 0.600. The molecule has 0 aliphatic heterocycles. The van der Waals surface area contributed by atoms with Crippen LogP contribution < -0.4 is 0 Å². The van der Waals surface area contributed by atoms with E-state index in [-0.39, 0.29) is 10.9 Å². The molecule has 0 heterocycles. The van der Waals surface area contributed by atoms with Gasteiger partial charge in [0, 0.05) is 0 Å². The van der Waals surface area contributed by atoms with Crippen molar-refractivity contribution in [2.45, 2.75) is 58.0 Å². The highest BCUT2D eigenvalue weighted by atomic mass is 35.5. The molecule has 0 aliphatic rings. The standard InChI is InChI=1S/C15H20ClF3/c1-3-4-5-6-7-11(2)12-8-9-14(16)13(10-12)15(17,18)19/h8-11H,3-7H2,1-2H3. The third-order valence-electron chi connectivity index (χ3n) is 3.36. The third-order valence-corrected chi connectivity index (χ3v) is 3.69. The van der Waals surface area contributed by atoms with Gasteiger partial charge in [-0.25, -0.2) is 0 Å². The van der Waals surface area contributed by atoms with Gasteiger partial charge in [0.2, 0.25) is 0 Å². The Bertz CT molecular complexity index is 399. The topological polar surface area (TPSA) is 0 Å². The molecule has 19 heavy (non-hydrogen) atoms. The Kier molecular flexibility index (Phi) is 6.18. The highest BCUT2D eigenvalue weighted by molar-refractivity contribution is 6.31. The van der Waals surface area contributed by atoms with Gasteiger partial charge >= 0.3 is 6.18 Å². The monoisotopic (exact) mass is 292 g/mol. The molecule has 4 heteroatoms. The average Bonchev–Trinajstić information content (AvgIpc) is 2.33. The van der Waals surface area contributed by atoms with Gasteiger partial charge in [0.15, 0.2) is 0 Å². The van der Waals surface area contributed by atoms with Crippen molar-refractivity contribution < 1.29 is 13.2 Å². The molecule has 108 valence electrons. The molecular weight excluding hydrogens is 273 g/mol. The number of alkyl halides is 3. The summed E-state index contributed by atoms with van der Waals surface area (Å²) >= 11 is 5.61. The van der Waals surface area contributed by atoms with Crippen LogP contribution in [0.5, 0.6) is 0 Å². The van der Waals surface area contributed by atoms with E-state index in [0.29, 0.717) is 5.56 Å². The maximum absolute atomic E-state index is 12.8. The van der Waals surface area contributed by atoms with Crippen LogP contribution in [-0.2, 0) is 6.18 Å². The van der Waals surface area contributed by atoms with E-state index in [0.717, 1.165) is 25.7 Å². The SMILES string of the molecule is CCCCCCC(C)c1ccc(Cl)c(C(F)(F)F)c1. The first-order chi connectivity index (χ1) is 8.86. The molecule has 1 unspecified atom stereocenters. The first-order valence-corrected chi connectivity index (χ1v) is 7.10. The van der Waals surface area contributed by atoms with Crippen molar-refractivity contribution in [2.75, 3.05) is 0 Å². The van der Waals surface area contributed by atoms with Gasteiger partial charge in [0.25, 0.3) is 0 Å². The van der Waals surface area contributed by atoms with E-state index in [1.807, 2.05) is 6.92 Å². The van der Waals surface area contributed by atoms with Crippen LogP contribution in [0.3, 0.4) is 0 Å². The van der Waals surface area contributed by atoms with E-state index in [1.54, 1.807) is 6.07 Å². The van der Waals surface area contributed by atoms with Crippen LogP contribution >= 0.6 is 11.6 Å². The van der Waals surface area contributed by atoms with Gasteiger partial charge in [-0.1, -0.05) is 57.2 Å². The lowest BCUT2D eigenvalue weighted by molar-refractivity contribution is -0.137. The molecule has 0 saturated carbocycles. The van der Waals surface area contributed by atoms with E-state index in [2.05, 4.69) is 6.92 Å². The van der Waals surface area contributed by atoms with Crippen LogP contribution in [-0.4, -0.2) is 0 Å². The zero-order valence-electron chi connectivity index (χ0n) is 11.4. The lowest BCUT2D eigenvalue weighted by atomic mass is 9.93. The molecule has 1 atom stereocenters. The van der Waals surface area contributed by atoms with Gasteiger partial charge in [0.1, 0.15) is 0 Å². The summed E-state index contributed by atoms with van der Waals surface area (Å²) in [5, 5.41) is -0.227. The molecule has 0 bridgehead atoms. The van der Waals surface area contributed by atoms with E-state index < -0.39 is 11.7 Å². The van der Waals surface area contributed by atoms with Crippen molar-refractivity contribution >= 4 is 11.6 Å². The average molecular weight is 293 g/mol. The van der Waals surface area contributed by atoms with Crippen LogP contribution in [0.25, 0.3) is 0 Å². The second-order valence-electron chi connectivity index (χ2n) is 4.99. The summed E-state index contributed by atoms with van der Waals surface area (Å²) in [5.41, 5.74) is -0.0136. The van der Waals surface area contributed by atoms with Crippen molar-refractivity contribution in [1.29, 1.82) is 0 Å². The number of hydrogen-bond acceptors (Lipinski definition) is 0. The molecule has 0 fully saturated rings. The predicted molar refractivity (Wildman–Crippen MR) is 73.6 cm³/mol. The first kappa shape index (κ1) is 16.4. The maximum atomic E-state index is 12.8. The second kappa shape index (κ2) is 7.18. The highest BCUT2D eigenvalue weighted by Gasteiger charge is 2.33. The van der Waals surface area contributed by atoms with Gasteiger partial charge in [-0.15, -0.1) is 0 Å². The van der Waals surface area contributed by atoms with Gasteiger partial charge in [0.05, 0.1) is 10.6 Å². The van der Waals surface area contributed by atoms with Crippen molar-refractivity contribution in [1.82, 2.24) is 0 Å². The maximum Gasteiger partial charge on any atom is 0.417 e. The summed E-state index contributed by atoms with van der Waals surface area (Å²) in [4.78, 5) is 0. The van der Waals surface area contributed by atoms with Gasteiger partial charge < -0.3 is 0 Å². The quantitative estimate of drug-likeness (QED) is 0.530. The summed E-state index contributed by atoms with van der Waals surface area (Å²) in [6.07, 6.45) is 1.07. The molecular formula is C15H20ClF3. The lowest BCUT2D eigenvalue weighted by Crippen LogP contribution is -2.07. The Balaban J connectivity index is 2.73. The minimum Gasteiger partial charge on any atom is -0.166 e. The molecule has 0 radical (unpaired) electrons. The van der Waals surface area contributed by atoms with Crippen LogP contribution in [0.2, 0.25) is 5.02 Å². The minimum absolute atomic E-state index is 0.134. The Morgan fingerprint density at radius 1 is 1.16 bits per heavy atom. The molecule has 0 aromatic heterocycles. The molecule has 0 N–H and O–H groups in total. The molecule has 0 saturated heterocycles. The Morgan fingerprint density at radius 3 is 2.42 bits per heavy atom. The summed E-state index contributed by atoms with van der Waals surface area (Å²) in [7, 11) is 0. The summed E-state index contributed by atoms with van der Waals surface area (Å²) < 4.78 is 38.3. The zero-order chi connectivity index (χ0) is 14.5. The molecule has 0 aliphatic carbocycles. The number of unbranched alkanes of at least 4 members (excludes halogenated alkanes) is 3. The molecule has 0 nitrogen and oxygen atoms in total. The van der Waals surface area contributed by atoms with Crippen LogP contribution in [0.4, 0.5) is 13.2 Å². The van der Waals surface area contributed by atoms with Crippen LogP contribution in [0.1, 0.15) is 63.0 Å². The van der Waals surface area contributed by atoms with Gasteiger partial charge in [-0.3, -0.25) is 0 Å². The summed E-state index contributed by atoms with van der Waals surface area (Å²) in [5.74, 6) is 0.134. The van der Waals surface area contributed by atoms with Crippen LogP contribution in [0.15, 0.2) is 18.2 Å². The lowest BCUT2D eigenvalue weighted by Gasteiger charge is -2.15. The van der Waals surface area contributed by atoms with Crippen molar-refractivity contribution in [3.8, 4) is 0 Å². The molecule has 1 aromatic rings. The molecule has 1 rings (SSSR count). The number of hydrogen-bond donors (Lipinski definition) is 0. The first-order valence-electron chi connectivity index (χ1n) is 6.73. The van der Waals surface area contributed by atoms with Gasteiger partial charge in [-0.2, -0.15) is 13.2 Å². The normalized spacial score (nSPS) is 13.6. The highest BCUT2D eigenvalue weighted by Crippen LogP contribution is 2.37. The fourth-order valence-corrected chi connectivity index (χ4v) is 2.34. The smallest absolute Gasteiger partial charge is 0.166 e. The van der Waals surface area contributed by atoms with E-state index in [1.165, 1.54) is 18.6 Å².